The van der Waals surface area contributed by atoms with E-state index in [0.717, 1.165) is 12.8 Å². The van der Waals surface area contributed by atoms with Gasteiger partial charge in [-0.25, -0.2) is 0 Å². The van der Waals surface area contributed by atoms with Gasteiger partial charge >= 0.3 is 0 Å². The molecule has 2 nitrogen and oxygen atoms in total. The van der Waals surface area contributed by atoms with Gasteiger partial charge in [-0.15, -0.1) is 11.3 Å². The maximum absolute atomic E-state index is 5.72. The van der Waals surface area contributed by atoms with Gasteiger partial charge in [0.2, 0.25) is 0 Å². The van der Waals surface area contributed by atoms with Crippen molar-refractivity contribution in [2.45, 2.75) is 38.8 Å². The summed E-state index contributed by atoms with van der Waals surface area (Å²) < 4.78 is 0. The van der Waals surface area contributed by atoms with Crippen LogP contribution < -0.4 is 11.5 Å². The average molecular weight is 198 g/mol. The summed E-state index contributed by atoms with van der Waals surface area (Å²) in [6.45, 7) is 4.07. The lowest BCUT2D eigenvalue weighted by molar-refractivity contribution is 0.746. The molecule has 0 aliphatic carbocycles. The van der Waals surface area contributed by atoms with Crippen molar-refractivity contribution < 1.29 is 0 Å². The molecule has 0 saturated heterocycles. The summed E-state index contributed by atoms with van der Waals surface area (Å²) in [4.78, 5) is 2.73. The summed E-state index contributed by atoms with van der Waals surface area (Å²) in [5, 5.41) is 0. The summed E-state index contributed by atoms with van der Waals surface area (Å²) in [5.74, 6) is 0. The predicted molar refractivity (Wildman–Crippen MR) is 59.0 cm³/mol. The third kappa shape index (κ3) is 3.89. The fraction of sp³-hybridized carbons (Fsp3) is 0.600. The minimum absolute atomic E-state index is 0.252. The number of thiophene rings is 1. The zero-order chi connectivity index (χ0) is 9.84. The first-order valence-corrected chi connectivity index (χ1v) is 5.48. The molecule has 1 aromatic heterocycles. The molecule has 0 saturated carbocycles. The molecule has 0 bridgehead atoms. The molecule has 0 fully saturated rings. The van der Waals surface area contributed by atoms with E-state index < -0.39 is 0 Å². The molecule has 1 aromatic rings. The molecular weight excluding hydrogens is 180 g/mol. The molecule has 0 spiro atoms. The zero-order valence-corrected chi connectivity index (χ0v) is 9.10. The minimum atomic E-state index is 0.252. The van der Waals surface area contributed by atoms with Crippen LogP contribution in [-0.4, -0.2) is 12.1 Å². The highest BCUT2D eigenvalue weighted by Gasteiger charge is 2.04. The van der Waals surface area contributed by atoms with Crippen LogP contribution in [0.3, 0.4) is 0 Å². The lowest BCUT2D eigenvalue weighted by atomic mass is 10.2. The van der Waals surface area contributed by atoms with Crippen LogP contribution in [0.15, 0.2) is 12.1 Å². The molecule has 2 unspecified atom stereocenters. The Morgan fingerprint density at radius 1 is 1.08 bits per heavy atom. The van der Waals surface area contributed by atoms with E-state index in [1.54, 1.807) is 0 Å². The number of nitrogens with two attached hydrogens (primary N) is 2. The van der Waals surface area contributed by atoms with Crippen LogP contribution in [0.4, 0.5) is 0 Å². The second-order valence-electron chi connectivity index (χ2n) is 3.73. The lowest BCUT2D eigenvalue weighted by Gasteiger charge is -2.02. The lowest BCUT2D eigenvalue weighted by Crippen LogP contribution is -2.17. The third-order valence-corrected chi connectivity index (χ3v) is 2.89. The standard InChI is InChI=1S/C10H18N2S/c1-7(11)5-9-3-4-10(13-9)6-8(2)12/h3-4,7-8H,5-6,11-12H2,1-2H3. The van der Waals surface area contributed by atoms with Gasteiger partial charge in [-0.05, 0) is 38.8 Å². The SMILES string of the molecule is CC(N)Cc1ccc(CC(C)N)s1. The van der Waals surface area contributed by atoms with Crippen molar-refractivity contribution in [3.63, 3.8) is 0 Å². The second kappa shape index (κ2) is 4.74. The average Bonchev–Trinajstić information content (AvgIpc) is 2.33. The molecule has 0 aromatic carbocycles. The van der Waals surface area contributed by atoms with Crippen molar-refractivity contribution in [2.75, 3.05) is 0 Å². The molecule has 13 heavy (non-hydrogen) atoms. The van der Waals surface area contributed by atoms with E-state index in [-0.39, 0.29) is 12.1 Å². The van der Waals surface area contributed by atoms with Gasteiger partial charge in [0.25, 0.3) is 0 Å². The van der Waals surface area contributed by atoms with Crippen LogP contribution in [0.1, 0.15) is 23.6 Å². The normalized spacial score (nSPS) is 15.7. The quantitative estimate of drug-likeness (QED) is 0.771. The summed E-state index contributed by atoms with van der Waals surface area (Å²) in [5.41, 5.74) is 11.4. The molecule has 1 rings (SSSR count). The highest BCUT2D eigenvalue weighted by Crippen LogP contribution is 2.18. The summed E-state index contributed by atoms with van der Waals surface area (Å²) in [6, 6.07) is 4.82. The van der Waals surface area contributed by atoms with Gasteiger partial charge < -0.3 is 11.5 Å². The summed E-state index contributed by atoms with van der Waals surface area (Å²) in [7, 11) is 0. The van der Waals surface area contributed by atoms with Crippen LogP contribution in [-0.2, 0) is 12.8 Å². The Morgan fingerprint density at radius 3 is 1.77 bits per heavy atom. The first kappa shape index (κ1) is 10.7. The van der Waals surface area contributed by atoms with Crippen molar-refractivity contribution in [3.8, 4) is 0 Å². The Hall–Kier alpha value is -0.380. The monoisotopic (exact) mass is 198 g/mol. The van der Waals surface area contributed by atoms with Crippen LogP contribution in [0, 0.1) is 0 Å². The fourth-order valence-corrected chi connectivity index (χ4v) is 2.58. The van der Waals surface area contributed by atoms with Gasteiger partial charge in [-0.3, -0.25) is 0 Å². The molecule has 74 valence electrons. The fourth-order valence-electron chi connectivity index (χ4n) is 1.28. The van der Waals surface area contributed by atoms with E-state index in [2.05, 4.69) is 12.1 Å². The zero-order valence-electron chi connectivity index (χ0n) is 8.29. The van der Waals surface area contributed by atoms with E-state index in [9.17, 15) is 0 Å². The second-order valence-corrected chi connectivity index (χ2v) is 4.98. The van der Waals surface area contributed by atoms with Gasteiger partial charge in [-0.1, -0.05) is 0 Å². The number of hydrogen-bond acceptors (Lipinski definition) is 3. The number of rotatable bonds is 4. The van der Waals surface area contributed by atoms with Crippen molar-refractivity contribution in [3.05, 3.63) is 21.9 Å². The highest BCUT2D eigenvalue weighted by molar-refractivity contribution is 7.12. The van der Waals surface area contributed by atoms with Crippen LogP contribution in [0.2, 0.25) is 0 Å². The predicted octanol–water partition coefficient (Wildman–Crippen LogP) is 1.53. The molecule has 3 heteroatoms. The van der Waals surface area contributed by atoms with Gasteiger partial charge in [0.15, 0.2) is 0 Å². The molecule has 2 atom stereocenters. The Balaban J connectivity index is 2.53. The van der Waals surface area contributed by atoms with Gasteiger partial charge in [-0.2, -0.15) is 0 Å². The molecular formula is C10H18N2S. The van der Waals surface area contributed by atoms with E-state index in [1.165, 1.54) is 9.75 Å². The van der Waals surface area contributed by atoms with Gasteiger partial charge in [0, 0.05) is 21.8 Å². The van der Waals surface area contributed by atoms with Crippen molar-refractivity contribution in [2.24, 2.45) is 11.5 Å². The van der Waals surface area contributed by atoms with Crippen LogP contribution in [0.5, 0.6) is 0 Å². The van der Waals surface area contributed by atoms with Crippen LogP contribution >= 0.6 is 11.3 Å². The van der Waals surface area contributed by atoms with E-state index in [1.807, 2.05) is 25.2 Å². The Morgan fingerprint density at radius 2 is 1.46 bits per heavy atom. The third-order valence-electron chi connectivity index (χ3n) is 1.76. The Bertz CT molecular complexity index is 229. The molecule has 0 aliphatic rings. The molecule has 1 heterocycles. The first-order valence-electron chi connectivity index (χ1n) is 4.66. The van der Waals surface area contributed by atoms with E-state index in [4.69, 9.17) is 11.5 Å². The molecule has 0 aliphatic heterocycles. The van der Waals surface area contributed by atoms with Crippen molar-refractivity contribution >= 4 is 11.3 Å². The minimum Gasteiger partial charge on any atom is -0.328 e. The number of hydrogen-bond donors (Lipinski definition) is 2. The van der Waals surface area contributed by atoms with Gasteiger partial charge in [0.1, 0.15) is 0 Å². The smallest absolute Gasteiger partial charge is 0.00634 e. The molecule has 0 radical (unpaired) electrons. The topological polar surface area (TPSA) is 52.0 Å². The summed E-state index contributed by atoms with van der Waals surface area (Å²) >= 11 is 1.83. The molecule has 4 N–H and O–H groups in total. The van der Waals surface area contributed by atoms with E-state index in [0.29, 0.717) is 0 Å². The largest absolute Gasteiger partial charge is 0.328 e. The van der Waals surface area contributed by atoms with Crippen molar-refractivity contribution in [1.29, 1.82) is 0 Å². The molecule has 0 amide bonds. The van der Waals surface area contributed by atoms with E-state index >= 15 is 0 Å². The maximum atomic E-state index is 5.72. The van der Waals surface area contributed by atoms with Gasteiger partial charge in [0.05, 0.1) is 0 Å². The summed E-state index contributed by atoms with van der Waals surface area (Å²) in [6.07, 6.45) is 1.95. The Kier molecular flexibility index (Phi) is 3.90. The first-order chi connectivity index (χ1) is 6.08. The highest BCUT2D eigenvalue weighted by atomic mass is 32.1. The maximum Gasteiger partial charge on any atom is 0.00634 e. The van der Waals surface area contributed by atoms with Crippen molar-refractivity contribution in [1.82, 2.24) is 0 Å². The van der Waals surface area contributed by atoms with Crippen LogP contribution in [0.25, 0.3) is 0 Å². The Labute approximate surface area is 83.9 Å².